The fourth-order valence-corrected chi connectivity index (χ4v) is 6.59. The molecule has 1 fully saturated rings. The van der Waals surface area contributed by atoms with Gasteiger partial charge in [0, 0.05) is 51.8 Å². The lowest BCUT2D eigenvalue weighted by Gasteiger charge is -2.43. The quantitative estimate of drug-likeness (QED) is 0.179. The molecule has 1 aromatic heterocycles. The fraction of sp³-hybridized carbons (Fsp3) is 0.543. The van der Waals surface area contributed by atoms with E-state index in [4.69, 9.17) is 23.7 Å². The molecule has 1 aromatic carbocycles. The first-order chi connectivity index (χ1) is 23.5. The molecule has 1 aliphatic heterocycles. The van der Waals surface area contributed by atoms with Crippen molar-refractivity contribution in [3.63, 3.8) is 0 Å². The van der Waals surface area contributed by atoms with E-state index in [0.717, 1.165) is 34.1 Å². The van der Waals surface area contributed by atoms with Crippen molar-refractivity contribution in [3.8, 4) is 5.88 Å². The van der Waals surface area contributed by atoms with Gasteiger partial charge in [-0.25, -0.2) is 0 Å². The van der Waals surface area contributed by atoms with E-state index < -0.39 is 58.4 Å². The molecule has 5 atom stereocenters. The minimum absolute atomic E-state index is 0.0288. The maximum Gasteiger partial charge on any atom is 0.303 e. The zero-order valence-electron chi connectivity index (χ0n) is 29.6. The average molecular weight is 718 g/mol. The maximum atomic E-state index is 12.3. The number of ether oxygens (including phenoxy) is 5. The molecule has 3 rings (SSSR count). The van der Waals surface area contributed by atoms with Crippen LogP contribution in [0.25, 0.3) is 6.08 Å². The molecule has 3 N–H and O–H groups in total. The third kappa shape index (κ3) is 11.9. The van der Waals surface area contributed by atoms with Crippen LogP contribution in [0.2, 0.25) is 0 Å². The number of hydrogen-bond donors (Lipinski definition) is 3. The normalized spacial score (nSPS) is 20.6. The van der Waals surface area contributed by atoms with Crippen molar-refractivity contribution >= 4 is 47.6 Å². The summed E-state index contributed by atoms with van der Waals surface area (Å²) < 4.78 is 28.5. The van der Waals surface area contributed by atoms with Crippen molar-refractivity contribution < 1.29 is 52.8 Å². The molecule has 15 heteroatoms. The number of carbonyl (C=O) groups is 5. The lowest BCUT2D eigenvalue weighted by atomic mass is 9.98. The lowest BCUT2D eigenvalue weighted by molar-refractivity contribution is -0.190. The Morgan fingerprint density at radius 3 is 2.10 bits per heavy atom. The number of thioether (sulfide) groups is 1. The van der Waals surface area contributed by atoms with E-state index in [1.807, 2.05) is 44.2 Å². The number of hydrogen-bond acceptors (Lipinski definition) is 13. The summed E-state index contributed by atoms with van der Waals surface area (Å²) in [6.07, 6.45) is 0.518. The van der Waals surface area contributed by atoms with Crippen LogP contribution in [0.15, 0.2) is 30.3 Å². The van der Waals surface area contributed by atoms with Crippen molar-refractivity contribution in [2.75, 3.05) is 13.2 Å². The number of aromatic nitrogens is 2. The molecule has 50 heavy (non-hydrogen) atoms. The lowest BCUT2D eigenvalue weighted by Crippen LogP contribution is -2.59. The SMILES string of the molecule is CC(=O)OC[C@H]1S[C@@H](Oc2n[nH]c(C(C)C)c2Cc2ccc(/C=C/CC(=O)NC(C)(C)CO)cc2)[C@H](OC(C)=O)[C@@H](OC(C)=O)[C@@H]1OC(C)=O. The molecule has 0 saturated carbocycles. The first-order valence-electron chi connectivity index (χ1n) is 16.2. The number of H-pyrrole nitrogens is 1. The Balaban J connectivity index is 1.91. The minimum Gasteiger partial charge on any atom is -0.465 e. The second-order valence-electron chi connectivity index (χ2n) is 12.9. The molecule has 1 amide bonds. The van der Waals surface area contributed by atoms with Crippen LogP contribution in [0.3, 0.4) is 0 Å². The number of esters is 4. The summed E-state index contributed by atoms with van der Waals surface area (Å²) in [7, 11) is 0. The van der Waals surface area contributed by atoms with Crippen LogP contribution in [-0.4, -0.2) is 92.8 Å². The van der Waals surface area contributed by atoms with E-state index in [0.29, 0.717) is 6.42 Å². The van der Waals surface area contributed by atoms with Crippen molar-refractivity contribution in [2.45, 2.75) is 109 Å². The monoisotopic (exact) mass is 717 g/mol. The third-order valence-corrected chi connectivity index (χ3v) is 8.85. The van der Waals surface area contributed by atoms with Crippen molar-refractivity contribution in [2.24, 2.45) is 0 Å². The van der Waals surface area contributed by atoms with E-state index in [1.165, 1.54) is 27.7 Å². The second-order valence-corrected chi connectivity index (χ2v) is 14.2. The van der Waals surface area contributed by atoms with Gasteiger partial charge in [-0.3, -0.25) is 29.1 Å². The van der Waals surface area contributed by atoms with Gasteiger partial charge in [-0.05, 0) is 30.9 Å². The van der Waals surface area contributed by atoms with Gasteiger partial charge in [0.25, 0.3) is 0 Å². The van der Waals surface area contributed by atoms with Gasteiger partial charge in [-0.1, -0.05) is 50.3 Å². The van der Waals surface area contributed by atoms with Gasteiger partial charge >= 0.3 is 23.9 Å². The highest BCUT2D eigenvalue weighted by Crippen LogP contribution is 2.40. The first kappa shape index (κ1) is 40.1. The summed E-state index contributed by atoms with van der Waals surface area (Å²) in [6, 6.07) is 7.73. The smallest absolute Gasteiger partial charge is 0.303 e. The average Bonchev–Trinajstić information content (AvgIpc) is 3.41. The van der Waals surface area contributed by atoms with E-state index in [1.54, 1.807) is 19.9 Å². The molecule has 1 saturated heterocycles. The van der Waals surface area contributed by atoms with E-state index in [-0.39, 0.29) is 37.3 Å². The summed E-state index contributed by atoms with van der Waals surface area (Å²) in [5, 5.41) is 18.9. The van der Waals surface area contributed by atoms with E-state index >= 15 is 0 Å². The largest absolute Gasteiger partial charge is 0.465 e. The highest BCUT2D eigenvalue weighted by atomic mass is 32.2. The van der Waals surface area contributed by atoms with Crippen LogP contribution >= 0.6 is 11.8 Å². The number of benzene rings is 1. The Kier molecular flexibility index (Phi) is 14.5. The molecule has 274 valence electrons. The highest BCUT2D eigenvalue weighted by Gasteiger charge is 2.53. The maximum absolute atomic E-state index is 12.3. The number of nitrogens with zero attached hydrogens (tertiary/aromatic N) is 1. The van der Waals surface area contributed by atoms with Crippen LogP contribution < -0.4 is 10.1 Å². The van der Waals surface area contributed by atoms with Gasteiger partial charge in [0.15, 0.2) is 23.7 Å². The standard InChI is InChI=1S/C35H47N3O11S/c1-19(2)29-26(16-25-14-12-24(13-15-25)10-9-11-28(44)36-35(7,8)18-39)33(38-37-29)49-34-32(48-23(6)43)31(47-22(5)42)30(46-21(4)41)27(50-34)17-45-20(3)40/h9-10,12-15,19,27,30-32,34,39H,11,16-18H2,1-8H3,(H,36,44)(H,37,38)/b10-9+/t27-,30-,31+,32-,34-/m1/s1. The Bertz CT molecular complexity index is 1540. The molecule has 0 bridgehead atoms. The topological polar surface area (TPSA) is 192 Å². The Morgan fingerprint density at radius 1 is 0.940 bits per heavy atom. The van der Waals surface area contributed by atoms with Gasteiger partial charge in [0.1, 0.15) is 6.61 Å². The van der Waals surface area contributed by atoms with Gasteiger partial charge in [0.05, 0.1) is 17.4 Å². The first-order valence-corrected chi connectivity index (χ1v) is 17.2. The number of rotatable bonds is 15. The number of aromatic amines is 1. The highest BCUT2D eigenvalue weighted by molar-refractivity contribution is 8.00. The number of amides is 1. The Labute approximate surface area is 296 Å². The molecule has 0 radical (unpaired) electrons. The van der Waals surface area contributed by atoms with Gasteiger partial charge in [-0.2, -0.15) is 0 Å². The molecule has 2 aromatic rings. The minimum atomic E-state index is -1.29. The van der Waals surface area contributed by atoms with Crippen LogP contribution in [-0.2, 0) is 49.3 Å². The molecular formula is C35H47N3O11S. The van der Waals surface area contributed by atoms with Crippen LogP contribution in [0.4, 0.5) is 0 Å². The molecule has 0 aliphatic carbocycles. The Morgan fingerprint density at radius 2 is 1.54 bits per heavy atom. The van der Waals surface area contributed by atoms with Gasteiger partial charge in [0.2, 0.25) is 11.8 Å². The predicted octanol–water partition coefficient (Wildman–Crippen LogP) is 3.59. The van der Waals surface area contributed by atoms with Crippen molar-refractivity contribution in [1.82, 2.24) is 15.5 Å². The molecule has 0 unspecified atom stereocenters. The fourth-order valence-electron chi connectivity index (χ4n) is 5.22. The number of aliphatic hydroxyl groups is 1. The summed E-state index contributed by atoms with van der Waals surface area (Å²) in [5.74, 6) is -2.58. The zero-order chi connectivity index (χ0) is 37.2. The van der Waals surface area contributed by atoms with Crippen LogP contribution in [0.5, 0.6) is 5.88 Å². The second kappa shape index (κ2) is 18.0. The van der Waals surface area contributed by atoms with Crippen molar-refractivity contribution in [1.29, 1.82) is 0 Å². The van der Waals surface area contributed by atoms with Crippen LogP contribution in [0.1, 0.15) is 90.1 Å². The Hall–Kier alpha value is -4.37. The number of carbonyl (C=O) groups excluding carboxylic acids is 5. The molecular weight excluding hydrogens is 670 g/mol. The third-order valence-electron chi connectivity index (χ3n) is 7.46. The van der Waals surface area contributed by atoms with E-state index in [9.17, 15) is 29.1 Å². The van der Waals surface area contributed by atoms with E-state index in [2.05, 4.69) is 15.5 Å². The molecule has 14 nitrogen and oxygen atoms in total. The zero-order valence-corrected chi connectivity index (χ0v) is 30.5. The summed E-state index contributed by atoms with van der Waals surface area (Å²) >= 11 is 1.10. The van der Waals surface area contributed by atoms with Crippen molar-refractivity contribution in [3.05, 3.63) is 52.7 Å². The molecule has 0 spiro atoms. The summed E-state index contributed by atoms with van der Waals surface area (Å²) in [5.41, 5.74) is 1.66. The number of aliphatic hydroxyl groups excluding tert-OH is 1. The molecule has 2 heterocycles. The molecule has 1 aliphatic rings. The van der Waals surface area contributed by atoms with Crippen LogP contribution in [0, 0.1) is 0 Å². The number of nitrogens with one attached hydrogen (secondary N) is 2. The van der Waals surface area contributed by atoms with Gasteiger partial charge in [-0.15, -0.1) is 16.9 Å². The predicted molar refractivity (Wildman–Crippen MR) is 184 cm³/mol. The van der Waals surface area contributed by atoms with Gasteiger partial charge < -0.3 is 34.1 Å². The summed E-state index contributed by atoms with van der Waals surface area (Å²) in [6.45, 7) is 11.9. The summed E-state index contributed by atoms with van der Waals surface area (Å²) in [4.78, 5) is 60.6.